The Morgan fingerprint density at radius 2 is 1.96 bits per heavy atom. The molecule has 0 radical (unpaired) electrons. The van der Waals surface area contributed by atoms with E-state index in [0.29, 0.717) is 0 Å². The van der Waals surface area contributed by atoms with Gasteiger partial charge in [-0.2, -0.15) is 0 Å². The number of aromatic amines is 1. The van der Waals surface area contributed by atoms with Crippen molar-refractivity contribution >= 4 is 17.3 Å². The Labute approximate surface area is 153 Å². The number of carbonyl (C=O) groups excluding carboxylic acids is 1. The topological polar surface area (TPSA) is 106 Å². The second-order valence-corrected chi connectivity index (χ2v) is 6.71. The van der Waals surface area contributed by atoms with Crippen LogP contribution in [0.1, 0.15) is 20.8 Å². The van der Waals surface area contributed by atoms with Crippen molar-refractivity contribution in [3.8, 4) is 17.2 Å². The van der Waals surface area contributed by atoms with Gasteiger partial charge in [-0.25, -0.2) is 19.2 Å². The maximum absolute atomic E-state index is 14.4. The summed E-state index contributed by atoms with van der Waals surface area (Å²) in [6.45, 7) is 5.39. The van der Waals surface area contributed by atoms with Crippen LogP contribution in [0.25, 0.3) is 11.2 Å². The van der Waals surface area contributed by atoms with Gasteiger partial charge in [0.05, 0.1) is 6.20 Å². The molecule has 0 aliphatic heterocycles. The molecule has 2 heterocycles. The molecule has 1 amide bonds. The molecule has 0 aliphatic carbocycles. The Hall–Kier alpha value is -3.49. The van der Waals surface area contributed by atoms with Crippen molar-refractivity contribution in [2.75, 3.05) is 0 Å². The van der Waals surface area contributed by atoms with E-state index in [1.54, 1.807) is 20.8 Å². The van der Waals surface area contributed by atoms with Gasteiger partial charge in [0, 0.05) is 23.9 Å². The number of rotatable bonds is 3. The van der Waals surface area contributed by atoms with Crippen LogP contribution in [0.4, 0.5) is 9.18 Å². The highest BCUT2D eigenvalue weighted by atomic mass is 19.1. The summed E-state index contributed by atoms with van der Waals surface area (Å²) >= 11 is 0. The summed E-state index contributed by atoms with van der Waals surface area (Å²) in [5.41, 5.74) is -0.386. The van der Waals surface area contributed by atoms with Crippen molar-refractivity contribution in [3.05, 3.63) is 52.8 Å². The molecule has 140 valence electrons. The number of aromatic nitrogens is 3. The number of H-pyrrole nitrogens is 1. The maximum Gasteiger partial charge on any atom is 0.413 e. The van der Waals surface area contributed by atoms with E-state index in [4.69, 9.17) is 9.47 Å². The van der Waals surface area contributed by atoms with Crippen molar-refractivity contribution in [3.63, 3.8) is 0 Å². The number of benzene rings is 1. The first-order valence-electron chi connectivity index (χ1n) is 8.03. The Balaban J connectivity index is 1.81. The van der Waals surface area contributed by atoms with Crippen LogP contribution in [0.3, 0.4) is 0 Å². The molecule has 0 aliphatic rings. The van der Waals surface area contributed by atoms with E-state index in [0.717, 1.165) is 12.3 Å². The van der Waals surface area contributed by atoms with Gasteiger partial charge in [-0.05, 0) is 32.9 Å². The largest absolute Gasteiger partial charge is 0.452 e. The molecule has 27 heavy (non-hydrogen) atoms. The Bertz CT molecular complexity index is 1060. The molecule has 9 heteroatoms. The number of carbonyl (C=O) groups is 1. The summed E-state index contributed by atoms with van der Waals surface area (Å²) < 4.78 is 25.0. The predicted molar refractivity (Wildman–Crippen MR) is 95.5 cm³/mol. The van der Waals surface area contributed by atoms with E-state index < -0.39 is 23.0 Å². The molecule has 1 aromatic carbocycles. The second kappa shape index (κ2) is 7.02. The number of hydrogen-bond acceptors (Lipinski definition) is 6. The van der Waals surface area contributed by atoms with Crippen molar-refractivity contribution in [2.45, 2.75) is 26.3 Å². The van der Waals surface area contributed by atoms with Crippen molar-refractivity contribution < 1.29 is 18.7 Å². The van der Waals surface area contributed by atoms with Crippen molar-refractivity contribution in [1.29, 1.82) is 0 Å². The zero-order valence-electron chi connectivity index (χ0n) is 14.9. The zero-order chi connectivity index (χ0) is 19.6. The summed E-state index contributed by atoms with van der Waals surface area (Å²) in [6, 6.07) is 5.26. The van der Waals surface area contributed by atoms with Gasteiger partial charge in [0.25, 0.3) is 5.56 Å². The highest BCUT2D eigenvalue weighted by molar-refractivity contribution is 5.77. The summed E-state index contributed by atoms with van der Waals surface area (Å²) in [5, 5.41) is 2.61. The zero-order valence-corrected chi connectivity index (χ0v) is 14.9. The monoisotopic (exact) mass is 372 g/mol. The fourth-order valence-corrected chi connectivity index (χ4v) is 2.19. The molecule has 0 spiro atoms. The average molecular weight is 372 g/mol. The Morgan fingerprint density at radius 3 is 2.67 bits per heavy atom. The third kappa shape index (κ3) is 4.57. The molecule has 0 fully saturated rings. The van der Waals surface area contributed by atoms with Crippen LogP contribution < -0.4 is 20.3 Å². The summed E-state index contributed by atoms with van der Waals surface area (Å²) in [6.07, 6.45) is 1.79. The lowest BCUT2D eigenvalue weighted by Gasteiger charge is -2.19. The van der Waals surface area contributed by atoms with Gasteiger partial charge in [-0.1, -0.05) is 0 Å². The van der Waals surface area contributed by atoms with Gasteiger partial charge in [0.1, 0.15) is 11.3 Å². The SMILES string of the molecule is CC(C)(C)NC(=O)Oc1ccc(Oc2ccnc3[nH]c(=O)cnc23)c(F)c1. The minimum Gasteiger partial charge on any atom is -0.452 e. The fourth-order valence-electron chi connectivity index (χ4n) is 2.19. The highest BCUT2D eigenvalue weighted by Gasteiger charge is 2.16. The minimum atomic E-state index is -0.731. The molecular formula is C18H17FN4O4. The molecule has 0 saturated heterocycles. The standard InChI is InChI=1S/C18H17FN4O4/c1-18(2,3)23-17(25)26-10-4-5-12(11(19)8-10)27-13-6-7-20-16-15(13)21-9-14(24)22-16/h4-9H,1-3H3,(H,23,25)(H,20,22,24). The number of fused-ring (bicyclic) bond motifs is 1. The maximum atomic E-state index is 14.4. The van der Waals surface area contributed by atoms with Crippen LogP contribution in [-0.4, -0.2) is 26.6 Å². The van der Waals surface area contributed by atoms with Gasteiger partial charge in [-0.3, -0.25) is 4.79 Å². The number of nitrogens with zero attached hydrogens (tertiary/aromatic N) is 2. The fraction of sp³-hybridized carbons (Fsp3) is 0.222. The van der Waals surface area contributed by atoms with Crippen LogP contribution in [0.5, 0.6) is 17.2 Å². The number of nitrogens with one attached hydrogen (secondary N) is 2. The summed E-state index contributed by atoms with van der Waals surface area (Å²) in [5.74, 6) is -0.581. The van der Waals surface area contributed by atoms with Gasteiger partial charge >= 0.3 is 6.09 Å². The molecular weight excluding hydrogens is 355 g/mol. The Morgan fingerprint density at radius 1 is 1.19 bits per heavy atom. The molecule has 2 N–H and O–H groups in total. The first-order chi connectivity index (χ1) is 12.7. The van der Waals surface area contributed by atoms with Crippen LogP contribution >= 0.6 is 0 Å². The molecule has 2 aromatic heterocycles. The van der Waals surface area contributed by atoms with Gasteiger partial charge < -0.3 is 19.8 Å². The van der Waals surface area contributed by atoms with E-state index >= 15 is 0 Å². The lowest BCUT2D eigenvalue weighted by atomic mass is 10.1. The van der Waals surface area contributed by atoms with Gasteiger partial charge in [0.2, 0.25) is 0 Å². The van der Waals surface area contributed by atoms with Crippen LogP contribution in [0, 0.1) is 5.82 Å². The second-order valence-electron chi connectivity index (χ2n) is 6.71. The molecule has 0 unspecified atom stereocenters. The van der Waals surface area contributed by atoms with Crippen LogP contribution in [-0.2, 0) is 0 Å². The van der Waals surface area contributed by atoms with Crippen molar-refractivity contribution in [1.82, 2.24) is 20.3 Å². The molecule has 0 atom stereocenters. The Kier molecular flexibility index (Phi) is 4.76. The lowest BCUT2D eigenvalue weighted by molar-refractivity contribution is 0.190. The number of hydrogen-bond donors (Lipinski definition) is 2. The quantitative estimate of drug-likeness (QED) is 0.732. The van der Waals surface area contributed by atoms with E-state index in [1.807, 2.05) is 0 Å². The van der Waals surface area contributed by atoms with E-state index in [-0.39, 0.29) is 28.4 Å². The van der Waals surface area contributed by atoms with E-state index in [1.165, 1.54) is 24.4 Å². The number of amides is 1. The normalized spacial score (nSPS) is 11.3. The highest BCUT2D eigenvalue weighted by Crippen LogP contribution is 2.30. The molecule has 8 nitrogen and oxygen atoms in total. The third-order valence-electron chi connectivity index (χ3n) is 3.25. The van der Waals surface area contributed by atoms with Crippen molar-refractivity contribution in [2.24, 2.45) is 0 Å². The smallest absolute Gasteiger partial charge is 0.413 e. The van der Waals surface area contributed by atoms with Gasteiger partial charge in [0.15, 0.2) is 23.0 Å². The average Bonchev–Trinajstić information content (AvgIpc) is 2.55. The summed E-state index contributed by atoms with van der Waals surface area (Å²) in [7, 11) is 0. The molecule has 3 aromatic rings. The third-order valence-corrected chi connectivity index (χ3v) is 3.25. The predicted octanol–water partition coefficient (Wildman–Crippen LogP) is 3.14. The number of ether oxygens (including phenoxy) is 2. The number of halogens is 1. The first kappa shape index (κ1) is 18.3. The first-order valence-corrected chi connectivity index (χ1v) is 8.03. The summed E-state index contributed by atoms with van der Waals surface area (Å²) in [4.78, 5) is 33.5. The van der Waals surface area contributed by atoms with Crippen LogP contribution in [0.2, 0.25) is 0 Å². The minimum absolute atomic E-state index is 0.0311. The molecule has 0 saturated carbocycles. The van der Waals surface area contributed by atoms with E-state index in [9.17, 15) is 14.0 Å². The molecule has 3 rings (SSSR count). The number of pyridine rings is 1. The molecule has 0 bridgehead atoms. The van der Waals surface area contributed by atoms with E-state index in [2.05, 4.69) is 20.3 Å². The van der Waals surface area contributed by atoms with Crippen LogP contribution in [0.15, 0.2) is 41.5 Å². The lowest BCUT2D eigenvalue weighted by Crippen LogP contribution is -2.42. The van der Waals surface area contributed by atoms with Gasteiger partial charge in [-0.15, -0.1) is 0 Å².